The molecule has 37 heavy (non-hydrogen) atoms. The van der Waals surface area contributed by atoms with Crippen LogP contribution in [0.4, 0.5) is 11.4 Å². The fraction of sp³-hybridized carbons (Fsp3) is 0.115. The first kappa shape index (κ1) is 25.9. The number of aliphatic imine (C=N–C) groups is 1. The van der Waals surface area contributed by atoms with Crippen molar-refractivity contribution in [1.29, 1.82) is 0 Å². The average Bonchev–Trinajstić information content (AvgIpc) is 3.15. The normalized spacial score (nSPS) is 15.3. The van der Waals surface area contributed by atoms with E-state index >= 15 is 0 Å². The number of nitro groups is 1. The second-order valence-electron chi connectivity index (χ2n) is 7.81. The number of rotatable bonds is 7. The number of nitro benzene ring substituents is 1. The van der Waals surface area contributed by atoms with Gasteiger partial charge in [-0.3, -0.25) is 19.8 Å². The van der Waals surface area contributed by atoms with Crippen molar-refractivity contribution in [1.82, 2.24) is 4.90 Å². The lowest BCUT2D eigenvalue weighted by Crippen LogP contribution is -2.23. The van der Waals surface area contributed by atoms with Gasteiger partial charge >= 0.3 is 5.97 Å². The summed E-state index contributed by atoms with van der Waals surface area (Å²) >= 11 is 7.61. The molecule has 0 atom stereocenters. The van der Waals surface area contributed by atoms with Gasteiger partial charge in [-0.1, -0.05) is 29.8 Å². The first-order valence-electron chi connectivity index (χ1n) is 10.9. The number of benzene rings is 3. The van der Waals surface area contributed by atoms with Crippen LogP contribution in [0, 0.1) is 10.1 Å². The van der Waals surface area contributed by atoms with E-state index in [-0.39, 0.29) is 18.2 Å². The smallest absolute Gasteiger partial charge is 0.337 e. The van der Waals surface area contributed by atoms with E-state index in [4.69, 9.17) is 21.1 Å². The summed E-state index contributed by atoms with van der Waals surface area (Å²) in [5, 5.41) is 11.8. The van der Waals surface area contributed by atoms with Crippen molar-refractivity contribution in [3.8, 4) is 5.75 Å². The van der Waals surface area contributed by atoms with E-state index in [9.17, 15) is 19.7 Å². The van der Waals surface area contributed by atoms with Crippen molar-refractivity contribution in [3.05, 3.63) is 103 Å². The minimum Gasteiger partial charge on any atom is -0.487 e. The number of ether oxygens (including phenoxy) is 2. The zero-order chi connectivity index (χ0) is 26.5. The van der Waals surface area contributed by atoms with Crippen molar-refractivity contribution in [2.24, 2.45) is 4.99 Å². The molecular weight excluding hydrogens is 518 g/mol. The van der Waals surface area contributed by atoms with Crippen LogP contribution in [0.3, 0.4) is 0 Å². The van der Waals surface area contributed by atoms with Gasteiger partial charge in [0.25, 0.3) is 11.6 Å². The topological polar surface area (TPSA) is 111 Å². The Bertz CT molecular complexity index is 1440. The predicted octanol–water partition coefficient (Wildman–Crippen LogP) is 5.85. The minimum absolute atomic E-state index is 0.0148. The Morgan fingerprint density at radius 2 is 1.92 bits per heavy atom. The molecule has 1 aliphatic heterocycles. The summed E-state index contributed by atoms with van der Waals surface area (Å²) in [6.07, 6.45) is 1.71. The van der Waals surface area contributed by atoms with Crippen LogP contribution >= 0.6 is 23.4 Å². The van der Waals surface area contributed by atoms with Crippen LogP contribution in [0.1, 0.15) is 21.5 Å². The van der Waals surface area contributed by atoms with Gasteiger partial charge in [-0.2, -0.15) is 0 Å². The van der Waals surface area contributed by atoms with Crippen molar-refractivity contribution >= 4 is 57.9 Å². The molecule has 0 saturated carbocycles. The first-order valence-corrected chi connectivity index (χ1v) is 12.0. The van der Waals surface area contributed by atoms with E-state index in [1.54, 1.807) is 67.7 Å². The maximum atomic E-state index is 12.8. The van der Waals surface area contributed by atoms with Crippen molar-refractivity contribution < 1.29 is 24.0 Å². The highest BCUT2D eigenvalue weighted by Crippen LogP contribution is 2.34. The molecule has 0 radical (unpaired) electrons. The number of methoxy groups -OCH3 is 1. The molecule has 0 aliphatic carbocycles. The van der Waals surface area contributed by atoms with Crippen LogP contribution in [0.25, 0.3) is 6.08 Å². The monoisotopic (exact) mass is 537 g/mol. The average molecular weight is 538 g/mol. The number of esters is 1. The Labute approximate surface area is 221 Å². The van der Waals surface area contributed by atoms with Crippen LogP contribution in [0.15, 0.2) is 76.6 Å². The van der Waals surface area contributed by atoms with E-state index in [0.717, 1.165) is 0 Å². The zero-order valence-electron chi connectivity index (χ0n) is 19.7. The minimum atomic E-state index is -0.463. The lowest BCUT2D eigenvalue weighted by Gasteiger charge is -2.09. The number of likely N-dealkylation sites (N-methyl/N-ethyl adjacent to an activating group) is 1. The molecular formula is C26H20ClN3O6S. The molecule has 11 heteroatoms. The first-order chi connectivity index (χ1) is 17.7. The third kappa shape index (κ3) is 6.16. The van der Waals surface area contributed by atoms with Crippen molar-refractivity contribution in [2.45, 2.75) is 6.61 Å². The van der Waals surface area contributed by atoms with Crippen LogP contribution in [0.2, 0.25) is 5.02 Å². The van der Waals surface area contributed by atoms with Crippen LogP contribution in [0.5, 0.6) is 5.75 Å². The summed E-state index contributed by atoms with van der Waals surface area (Å²) < 4.78 is 10.4. The number of amides is 1. The number of amidine groups is 1. The highest BCUT2D eigenvalue weighted by molar-refractivity contribution is 8.18. The third-order valence-electron chi connectivity index (χ3n) is 5.29. The summed E-state index contributed by atoms with van der Waals surface area (Å²) in [6, 6.07) is 17.8. The lowest BCUT2D eigenvalue weighted by molar-refractivity contribution is -0.384. The van der Waals surface area contributed by atoms with Crippen molar-refractivity contribution in [3.63, 3.8) is 0 Å². The second-order valence-corrected chi connectivity index (χ2v) is 9.23. The number of hydrogen-bond donors (Lipinski definition) is 0. The number of thioether (sulfide) groups is 1. The summed E-state index contributed by atoms with van der Waals surface area (Å²) in [7, 11) is 2.95. The zero-order valence-corrected chi connectivity index (χ0v) is 21.3. The number of non-ortho nitro benzene ring substituents is 1. The molecule has 3 aromatic carbocycles. The quantitative estimate of drug-likeness (QED) is 0.161. The fourth-order valence-electron chi connectivity index (χ4n) is 3.35. The SMILES string of the molecule is COC(=O)c1ccc(N=C2SC(=Cc3ccc(OCc4cccc([N+](=O)[O-])c4)c(Cl)c3)C(=O)N2C)cc1. The molecule has 9 nitrogen and oxygen atoms in total. The molecule has 4 rings (SSSR count). The maximum absolute atomic E-state index is 12.8. The van der Waals surface area contributed by atoms with Crippen LogP contribution in [-0.4, -0.2) is 41.0 Å². The molecule has 0 bridgehead atoms. The summed E-state index contributed by atoms with van der Waals surface area (Å²) in [6.45, 7) is 0.113. The highest BCUT2D eigenvalue weighted by Gasteiger charge is 2.30. The molecule has 1 heterocycles. The van der Waals surface area contributed by atoms with Gasteiger partial charge in [0.05, 0.1) is 33.2 Å². The Kier molecular flexibility index (Phi) is 7.90. The Balaban J connectivity index is 1.46. The van der Waals surface area contributed by atoms with E-state index in [2.05, 4.69) is 4.99 Å². The highest BCUT2D eigenvalue weighted by atomic mass is 35.5. The maximum Gasteiger partial charge on any atom is 0.337 e. The number of halogens is 1. The van der Waals surface area contributed by atoms with E-state index in [1.807, 2.05) is 0 Å². The summed E-state index contributed by atoms with van der Waals surface area (Å²) in [4.78, 5) is 41.3. The molecule has 1 amide bonds. The fourth-order valence-corrected chi connectivity index (χ4v) is 4.58. The molecule has 0 unspecified atom stereocenters. The number of carbonyl (C=O) groups is 2. The third-order valence-corrected chi connectivity index (χ3v) is 6.64. The van der Waals surface area contributed by atoms with E-state index in [0.29, 0.717) is 43.2 Å². The number of carbonyl (C=O) groups excluding carboxylic acids is 2. The molecule has 1 fully saturated rings. The number of nitrogens with zero attached hydrogens (tertiary/aromatic N) is 3. The van der Waals surface area contributed by atoms with Crippen LogP contribution < -0.4 is 4.74 Å². The van der Waals surface area contributed by atoms with Gasteiger partial charge in [0, 0.05) is 19.2 Å². The van der Waals surface area contributed by atoms with E-state index in [1.165, 1.54) is 35.9 Å². The largest absolute Gasteiger partial charge is 0.487 e. The van der Waals surface area contributed by atoms with Gasteiger partial charge in [0.1, 0.15) is 12.4 Å². The molecule has 0 N–H and O–H groups in total. The van der Waals surface area contributed by atoms with Crippen molar-refractivity contribution in [2.75, 3.05) is 14.2 Å². The van der Waals surface area contributed by atoms with E-state index < -0.39 is 10.9 Å². The number of hydrogen-bond acceptors (Lipinski definition) is 8. The van der Waals surface area contributed by atoms with Gasteiger partial charge in [0.15, 0.2) is 5.17 Å². The summed E-state index contributed by atoms with van der Waals surface area (Å²) in [5.41, 5.74) is 2.31. The van der Waals surface area contributed by atoms with Gasteiger partial charge in [-0.05, 0) is 65.4 Å². The van der Waals surface area contributed by atoms with Gasteiger partial charge in [-0.25, -0.2) is 9.79 Å². The predicted molar refractivity (Wildman–Crippen MR) is 142 cm³/mol. The van der Waals surface area contributed by atoms with Gasteiger partial charge < -0.3 is 9.47 Å². The Hall–Kier alpha value is -4.15. The molecule has 3 aromatic rings. The molecule has 188 valence electrons. The Morgan fingerprint density at radius 1 is 1.16 bits per heavy atom. The Morgan fingerprint density at radius 3 is 2.59 bits per heavy atom. The standard InChI is InChI=1S/C26H20ClN3O6S/c1-29-24(31)23(37-26(29)28-19-9-7-18(8-10-19)25(32)35-2)14-16-6-11-22(21(27)13-16)36-15-17-4-3-5-20(12-17)30(33)34/h3-14H,15H2,1-2H3. The lowest BCUT2D eigenvalue weighted by atomic mass is 10.2. The van der Waals surface area contributed by atoms with Gasteiger partial charge in [0.2, 0.25) is 0 Å². The molecule has 1 saturated heterocycles. The molecule has 0 aromatic heterocycles. The van der Waals surface area contributed by atoms with Crippen LogP contribution in [-0.2, 0) is 16.1 Å². The molecule has 0 spiro atoms. The molecule has 1 aliphatic rings. The second kappa shape index (κ2) is 11.3. The van der Waals surface area contributed by atoms with Gasteiger partial charge in [-0.15, -0.1) is 0 Å². The summed E-state index contributed by atoms with van der Waals surface area (Å²) in [5.74, 6) is -0.237.